The van der Waals surface area contributed by atoms with Crippen molar-refractivity contribution in [2.75, 3.05) is 82.1 Å². The predicted molar refractivity (Wildman–Crippen MR) is 130 cm³/mol. The minimum atomic E-state index is -0.182. The first-order chi connectivity index (χ1) is 16.3. The fourth-order valence-electron chi connectivity index (χ4n) is 5.12. The van der Waals surface area contributed by atoms with Crippen LogP contribution in [0.5, 0.6) is 0 Å². The molecule has 2 saturated heterocycles. The number of fused-ring (bicyclic) bond motifs is 1. The van der Waals surface area contributed by atoms with E-state index in [9.17, 15) is 4.79 Å². The summed E-state index contributed by atoms with van der Waals surface area (Å²) in [5.74, 6) is 2.06. The van der Waals surface area contributed by atoms with E-state index >= 15 is 0 Å². The molecular formula is C23H33N9O2. The zero-order valence-corrected chi connectivity index (χ0v) is 20.2. The van der Waals surface area contributed by atoms with Crippen LogP contribution in [0.2, 0.25) is 0 Å². The number of amides is 1. The molecule has 1 amide bonds. The largest absolute Gasteiger partial charge is 0.378 e. The number of nitrogen functional groups attached to an aromatic ring is 1. The van der Waals surface area contributed by atoms with E-state index in [0.29, 0.717) is 32.3 Å². The highest BCUT2D eigenvalue weighted by molar-refractivity contribution is 5.79. The van der Waals surface area contributed by atoms with Crippen molar-refractivity contribution in [3.8, 4) is 11.3 Å². The molecule has 1 atom stereocenters. The molecule has 34 heavy (non-hydrogen) atoms. The maximum atomic E-state index is 12.7. The minimum absolute atomic E-state index is 0.171. The Morgan fingerprint density at radius 2 is 1.88 bits per heavy atom. The van der Waals surface area contributed by atoms with Gasteiger partial charge in [-0.1, -0.05) is 0 Å². The Morgan fingerprint density at radius 1 is 1.15 bits per heavy atom. The molecule has 0 unspecified atom stereocenters. The van der Waals surface area contributed by atoms with Crippen LogP contribution >= 0.6 is 0 Å². The molecule has 3 aliphatic rings. The Labute approximate surface area is 199 Å². The molecule has 11 heteroatoms. The van der Waals surface area contributed by atoms with Crippen LogP contribution in [0.15, 0.2) is 12.4 Å². The van der Waals surface area contributed by atoms with Gasteiger partial charge in [0.15, 0.2) is 0 Å². The molecule has 2 aromatic rings. The van der Waals surface area contributed by atoms with Crippen molar-refractivity contribution >= 4 is 23.6 Å². The average molecular weight is 468 g/mol. The molecule has 0 spiro atoms. The van der Waals surface area contributed by atoms with Gasteiger partial charge in [-0.2, -0.15) is 4.98 Å². The summed E-state index contributed by atoms with van der Waals surface area (Å²) in [5.41, 5.74) is 8.35. The number of morpholine rings is 1. The van der Waals surface area contributed by atoms with Crippen LogP contribution in [0.1, 0.15) is 18.9 Å². The fourth-order valence-corrected chi connectivity index (χ4v) is 5.12. The van der Waals surface area contributed by atoms with Crippen molar-refractivity contribution in [2.24, 2.45) is 0 Å². The Hall–Kier alpha value is -3.05. The van der Waals surface area contributed by atoms with Crippen molar-refractivity contribution in [2.45, 2.75) is 25.3 Å². The lowest BCUT2D eigenvalue weighted by molar-refractivity contribution is -0.130. The van der Waals surface area contributed by atoms with Gasteiger partial charge in [0.25, 0.3) is 0 Å². The van der Waals surface area contributed by atoms with Gasteiger partial charge < -0.3 is 30.1 Å². The van der Waals surface area contributed by atoms with E-state index in [4.69, 9.17) is 20.4 Å². The minimum Gasteiger partial charge on any atom is -0.378 e. The van der Waals surface area contributed by atoms with Crippen molar-refractivity contribution in [1.82, 2.24) is 29.7 Å². The standard InChI is InChI=1S/C23H33N9O2/c1-23(5-7-31(15-23)18(33)14-29(2)3)32-6-4-17-19(16-12-25-21(24)26-13-16)27-22(28-20(17)32)30-8-10-34-11-9-30/h12-13H,4-11,14-15H2,1-3H3,(H2,24,25,26)/t23-/m1/s1. The summed E-state index contributed by atoms with van der Waals surface area (Å²) in [4.78, 5) is 39.6. The highest BCUT2D eigenvalue weighted by atomic mass is 16.5. The topological polar surface area (TPSA) is 117 Å². The second-order valence-corrected chi connectivity index (χ2v) is 9.81. The third-order valence-corrected chi connectivity index (χ3v) is 6.96. The highest BCUT2D eigenvalue weighted by Gasteiger charge is 2.44. The lowest BCUT2D eigenvalue weighted by Crippen LogP contribution is -2.49. The molecule has 0 aliphatic carbocycles. The third-order valence-electron chi connectivity index (χ3n) is 6.96. The monoisotopic (exact) mass is 467 g/mol. The first kappa shape index (κ1) is 22.7. The first-order valence-electron chi connectivity index (χ1n) is 11.9. The van der Waals surface area contributed by atoms with E-state index in [1.807, 2.05) is 23.9 Å². The van der Waals surface area contributed by atoms with Crippen molar-refractivity contribution in [3.63, 3.8) is 0 Å². The molecule has 5 rings (SSSR count). The van der Waals surface area contributed by atoms with E-state index in [0.717, 1.165) is 61.7 Å². The molecule has 2 fully saturated rings. The van der Waals surface area contributed by atoms with Crippen molar-refractivity contribution < 1.29 is 9.53 Å². The predicted octanol–water partition coefficient (Wildman–Crippen LogP) is 0.268. The van der Waals surface area contributed by atoms with Gasteiger partial charge in [0, 0.05) is 56.2 Å². The van der Waals surface area contributed by atoms with Gasteiger partial charge in [-0.3, -0.25) is 4.79 Å². The van der Waals surface area contributed by atoms with Crippen LogP contribution in [0, 0.1) is 0 Å². The van der Waals surface area contributed by atoms with E-state index in [-0.39, 0.29) is 17.4 Å². The molecule has 0 radical (unpaired) electrons. The number of ether oxygens (including phenoxy) is 1. The molecule has 0 saturated carbocycles. The van der Waals surface area contributed by atoms with Crippen LogP contribution in [0.25, 0.3) is 11.3 Å². The SMILES string of the molecule is CN(C)CC(=O)N1CC[C@@](C)(N2CCc3c(-c4cnc(N)nc4)nc(N4CCOCC4)nc32)C1. The van der Waals surface area contributed by atoms with Crippen molar-refractivity contribution in [1.29, 1.82) is 0 Å². The molecule has 3 aliphatic heterocycles. The van der Waals surface area contributed by atoms with Crippen LogP contribution in [-0.4, -0.2) is 108 Å². The van der Waals surface area contributed by atoms with Gasteiger partial charge >= 0.3 is 0 Å². The van der Waals surface area contributed by atoms with E-state index in [2.05, 4.69) is 26.7 Å². The molecule has 0 bridgehead atoms. The maximum absolute atomic E-state index is 12.7. The summed E-state index contributed by atoms with van der Waals surface area (Å²) >= 11 is 0. The number of likely N-dealkylation sites (N-methyl/N-ethyl adjacent to an activating group) is 1. The Balaban J connectivity index is 1.51. The normalized spacial score (nSPS) is 22.5. The zero-order chi connectivity index (χ0) is 23.9. The van der Waals surface area contributed by atoms with Crippen LogP contribution in [0.4, 0.5) is 17.7 Å². The number of carbonyl (C=O) groups excluding carboxylic acids is 1. The number of nitrogens with two attached hydrogens (primary N) is 1. The Bertz CT molecular complexity index is 1060. The number of nitrogens with zero attached hydrogens (tertiary/aromatic N) is 8. The summed E-state index contributed by atoms with van der Waals surface area (Å²) in [6, 6.07) is 0. The van der Waals surface area contributed by atoms with Crippen molar-refractivity contribution in [3.05, 3.63) is 18.0 Å². The van der Waals surface area contributed by atoms with E-state index in [1.54, 1.807) is 12.4 Å². The van der Waals surface area contributed by atoms with Gasteiger partial charge in [-0.05, 0) is 33.9 Å². The van der Waals surface area contributed by atoms with E-state index in [1.165, 1.54) is 0 Å². The average Bonchev–Trinajstić information content (AvgIpc) is 3.44. The summed E-state index contributed by atoms with van der Waals surface area (Å²) < 4.78 is 5.54. The molecule has 2 aromatic heterocycles. The van der Waals surface area contributed by atoms with Gasteiger partial charge in [0.1, 0.15) is 5.82 Å². The summed E-state index contributed by atoms with van der Waals surface area (Å²) in [5, 5.41) is 0. The zero-order valence-electron chi connectivity index (χ0n) is 20.2. The van der Waals surface area contributed by atoms with Gasteiger partial charge in [-0.15, -0.1) is 0 Å². The van der Waals surface area contributed by atoms with E-state index < -0.39 is 0 Å². The fraction of sp³-hybridized carbons (Fsp3) is 0.609. The second-order valence-electron chi connectivity index (χ2n) is 9.81. The van der Waals surface area contributed by atoms with Crippen LogP contribution < -0.4 is 15.5 Å². The summed E-state index contributed by atoms with van der Waals surface area (Å²) in [6.07, 6.45) is 5.20. The number of hydrogen-bond donors (Lipinski definition) is 1. The second kappa shape index (κ2) is 8.95. The van der Waals surface area contributed by atoms with Crippen LogP contribution in [-0.2, 0) is 16.0 Å². The smallest absolute Gasteiger partial charge is 0.236 e. The number of likely N-dealkylation sites (tertiary alicyclic amines) is 1. The first-order valence-corrected chi connectivity index (χ1v) is 11.9. The molecule has 2 N–H and O–H groups in total. The van der Waals surface area contributed by atoms with Gasteiger partial charge in [0.05, 0.1) is 31.0 Å². The summed E-state index contributed by atoms with van der Waals surface area (Å²) in [7, 11) is 3.85. The quantitative estimate of drug-likeness (QED) is 0.656. The molecular weight excluding hydrogens is 434 g/mol. The lowest BCUT2D eigenvalue weighted by atomic mass is 9.99. The summed E-state index contributed by atoms with van der Waals surface area (Å²) in [6.45, 7) is 7.78. The molecule has 5 heterocycles. The van der Waals surface area contributed by atoms with Gasteiger partial charge in [-0.25, -0.2) is 15.0 Å². The Kier molecular flexibility index (Phi) is 5.98. The third kappa shape index (κ3) is 4.25. The number of aromatic nitrogens is 4. The maximum Gasteiger partial charge on any atom is 0.236 e. The Morgan fingerprint density at radius 3 is 2.59 bits per heavy atom. The molecule has 11 nitrogen and oxygen atoms in total. The number of rotatable bonds is 5. The number of hydrogen-bond acceptors (Lipinski definition) is 10. The van der Waals surface area contributed by atoms with Gasteiger partial charge in [0.2, 0.25) is 17.8 Å². The highest BCUT2D eigenvalue weighted by Crippen LogP contribution is 2.41. The lowest BCUT2D eigenvalue weighted by Gasteiger charge is -2.37. The molecule has 0 aromatic carbocycles. The molecule has 182 valence electrons. The number of anilines is 3. The van der Waals surface area contributed by atoms with Crippen LogP contribution in [0.3, 0.4) is 0 Å². The number of carbonyl (C=O) groups is 1.